The Kier molecular flexibility index (Phi) is 4.64. The summed E-state index contributed by atoms with van der Waals surface area (Å²) in [5.41, 5.74) is 7.09. The molecule has 27 heavy (non-hydrogen) atoms. The SMILES string of the molecule is C[C@H](NCc1ccc(OCc2ccc3c(c2)OCO3)c2c1OCO2)C(N)=O. The normalized spacial score (nSPS) is 14.9. The Morgan fingerprint density at radius 2 is 1.89 bits per heavy atom. The Balaban J connectivity index is 1.46. The van der Waals surface area contributed by atoms with Crippen molar-refractivity contribution in [3.8, 4) is 28.7 Å². The molecular formula is C19H20N2O6. The van der Waals surface area contributed by atoms with Crippen molar-refractivity contribution in [2.75, 3.05) is 13.6 Å². The molecule has 0 fully saturated rings. The molecule has 1 amide bonds. The topological polar surface area (TPSA) is 101 Å². The summed E-state index contributed by atoms with van der Waals surface area (Å²) in [6.45, 7) is 2.85. The number of amides is 1. The molecule has 0 bridgehead atoms. The maximum atomic E-state index is 11.2. The van der Waals surface area contributed by atoms with E-state index in [4.69, 9.17) is 29.4 Å². The fourth-order valence-electron chi connectivity index (χ4n) is 2.84. The predicted octanol–water partition coefficient (Wildman–Crippen LogP) is 1.69. The van der Waals surface area contributed by atoms with Gasteiger partial charge >= 0.3 is 0 Å². The quantitative estimate of drug-likeness (QED) is 0.763. The van der Waals surface area contributed by atoms with Gasteiger partial charge in [0.1, 0.15) is 6.61 Å². The summed E-state index contributed by atoms with van der Waals surface area (Å²) >= 11 is 0. The van der Waals surface area contributed by atoms with Crippen LogP contribution in [-0.2, 0) is 17.9 Å². The second-order valence-corrected chi connectivity index (χ2v) is 6.27. The van der Waals surface area contributed by atoms with Gasteiger partial charge in [0.2, 0.25) is 25.2 Å². The van der Waals surface area contributed by atoms with E-state index in [0.29, 0.717) is 36.1 Å². The highest BCUT2D eigenvalue weighted by atomic mass is 16.7. The van der Waals surface area contributed by atoms with Crippen molar-refractivity contribution in [3.63, 3.8) is 0 Å². The monoisotopic (exact) mass is 372 g/mol. The first-order valence-corrected chi connectivity index (χ1v) is 8.57. The molecule has 0 spiro atoms. The Morgan fingerprint density at radius 1 is 1.11 bits per heavy atom. The lowest BCUT2D eigenvalue weighted by molar-refractivity contribution is -0.119. The fraction of sp³-hybridized carbons (Fsp3) is 0.316. The van der Waals surface area contributed by atoms with Gasteiger partial charge < -0.3 is 34.7 Å². The van der Waals surface area contributed by atoms with Crippen LogP contribution in [0.5, 0.6) is 28.7 Å². The third-order valence-electron chi connectivity index (χ3n) is 4.42. The third-order valence-corrected chi connectivity index (χ3v) is 4.42. The highest BCUT2D eigenvalue weighted by Gasteiger charge is 2.24. The molecule has 2 heterocycles. The summed E-state index contributed by atoms with van der Waals surface area (Å²) in [6.07, 6.45) is 0. The van der Waals surface area contributed by atoms with E-state index in [2.05, 4.69) is 5.32 Å². The Morgan fingerprint density at radius 3 is 2.74 bits per heavy atom. The van der Waals surface area contributed by atoms with E-state index < -0.39 is 11.9 Å². The summed E-state index contributed by atoms with van der Waals surface area (Å²) in [4.78, 5) is 11.2. The molecule has 0 aromatic heterocycles. The number of fused-ring (bicyclic) bond motifs is 2. The standard InChI is InChI=1S/C19H20N2O6/c1-11(19(20)22)21-7-13-3-5-15(18-17(13)26-10-27-18)23-8-12-2-4-14-16(6-12)25-9-24-14/h2-6,11,21H,7-10H2,1H3,(H2,20,22)/t11-/m0/s1. The lowest BCUT2D eigenvalue weighted by Gasteiger charge is -2.14. The number of rotatable bonds is 7. The van der Waals surface area contributed by atoms with Crippen LogP contribution in [-0.4, -0.2) is 25.5 Å². The van der Waals surface area contributed by atoms with Crippen molar-refractivity contribution in [1.82, 2.24) is 5.32 Å². The molecule has 8 nitrogen and oxygen atoms in total. The molecule has 0 aliphatic carbocycles. The van der Waals surface area contributed by atoms with Crippen molar-refractivity contribution in [1.29, 1.82) is 0 Å². The van der Waals surface area contributed by atoms with Crippen LogP contribution in [0.3, 0.4) is 0 Å². The van der Waals surface area contributed by atoms with Gasteiger partial charge in [0.25, 0.3) is 0 Å². The zero-order valence-corrected chi connectivity index (χ0v) is 14.8. The molecule has 0 saturated heterocycles. The third kappa shape index (κ3) is 3.56. The van der Waals surface area contributed by atoms with Crippen LogP contribution in [0, 0.1) is 0 Å². The number of carbonyl (C=O) groups excluding carboxylic acids is 1. The zero-order valence-electron chi connectivity index (χ0n) is 14.8. The van der Waals surface area contributed by atoms with Gasteiger partial charge in [-0.05, 0) is 30.7 Å². The smallest absolute Gasteiger partial charge is 0.234 e. The number of ether oxygens (including phenoxy) is 5. The fourth-order valence-corrected chi connectivity index (χ4v) is 2.84. The Bertz CT molecular complexity index is 870. The molecular weight excluding hydrogens is 352 g/mol. The van der Waals surface area contributed by atoms with Gasteiger partial charge in [-0.1, -0.05) is 12.1 Å². The van der Waals surface area contributed by atoms with E-state index in [1.165, 1.54) is 0 Å². The van der Waals surface area contributed by atoms with Crippen LogP contribution in [0.25, 0.3) is 0 Å². The minimum absolute atomic E-state index is 0.123. The van der Waals surface area contributed by atoms with Gasteiger partial charge in [-0.15, -0.1) is 0 Å². The highest BCUT2D eigenvalue weighted by Crippen LogP contribution is 2.44. The average molecular weight is 372 g/mol. The van der Waals surface area contributed by atoms with Gasteiger partial charge in [-0.3, -0.25) is 4.79 Å². The second kappa shape index (κ2) is 7.24. The zero-order chi connectivity index (χ0) is 18.8. The molecule has 2 aliphatic rings. The molecule has 142 valence electrons. The van der Waals surface area contributed by atoms with Gasteiger partial charge in [0.15, 0.2) is 23.0 Å². The Hall–Kier alpha value is -3.13. The van der Waals surface area contributed by atoms with Crippen LogP contribution < -0.4 is 34.7 Å². The maximum absolute atomic E-state index is 11.2. The molecule has 0 unspecified atom stereocenters. The van der Waals surface area contributed by atoms with Crippen LogP contribution in [0.15, 0.2) is 30.3 Å². The van der Waals surface area contributed by atoms with Crippen molar-refractivity contribution >= 4 is 5.91 Å². The maximum Gasteiger partial charge on any atom is 0.234 e. The number of nitrogens with one attached hydrogen (secondary N) is 1. The van der Waals surface area contributed by atoms with E-state index in [0.717, 1.165) is 16.9 Å². The summed E-state index contributed by atoms with van der Waals surface area (Å²) in [7, 11) is 0. The molecule has 1 atom stereocenters. The molecule has 0 radical (unpaired) electrons. The van der Waals surface area contributed by atoms with E-state index >= 15 is 0 Å². The summed E-state index contributed by atoms with van der Waals surface area (Å²) in [6, 6.07) is 8.94. The molecule has 2 aromatic rings. The van der Waals surface area contributed by atoms with Crippen LogP contribution in [0.2, 0.25) is 0 Å². The first-order chi connectivity index (χ1) is 13.1. The van der Waals surface area contributed by atoms with Crippen molar-refractivity contribution in [3.05, 3.63) is 41.5 Å². The van der Waals surface area contributed by atoms with Crippen LogP contribution in [0.4, 0.5) is 0 Å². The number of hydrogen-bond acceptors (Lipinski definition) is 7. The van der Waals surface area contributed by atoms with Gasteiger partial charge in [-0.2, -0.15) is 0 Å². The number of benzene rings is 2. The van der Waals surface area contributed by atoms with Crippen LogP contribution in [0.1, 0.15) is 18.1 Å². The van der Waals surface area contributed by atoms with E-state index in [-0.39, 0.29) is 13.6 Å². The van der Waals surface area contributed by atoms with E-state index in [9.17, 15) is 4.79 Å². The van der Waals surface area contributed by atoms with E-state index in [1.807, 2.05) is 30.3 Å². The Labute approximate surface area is 156 Å². The van der Waals surface area contributed by atoms with Crippen LogP contribution >= 0.6 is 0 Å². The number of primary amides is 1. The number of nitrogens with two attached hydrogens (primary N) is 1. The predicted molar refractivity (Wildman–Crippen MR) is 95.0 cm³/mol. The van der Waals surface area contributed by atoms with Crippen molar-refractivity contribution < 1.29 is 28.5 Å². The largest absolute Gasteiger partial charge is 0.485 e. The first kappa shape index (κ1) is 17.3. The molecule has 3 N–H and O–H groups in total. The minimum Gasteiger partial charge on any atom is -0.485 e. The van der Waals surface area contributed by atoms with E-state index in [1.54, 1.807) is 6.92 Å². The number of hydrogen-bond donors (Lipinski definition) is 2. The lowest BCUT2D eigenvalue weighted by Crippen LogP contribution is -2.38. The number of carbonyl (C=O) groups is 1. The molecule has 2 aliphatic heterocycles. The first-order valence-electron chi connectivity index (χ1n) is 8.57. The molecule has 2 aromatic carbocycles. The second-order valence-electron chi connectivity index (χ2n) is 6.27. The summed E-state index contributed by atoms with van der Waals surface area (Å²) in [5.74, 6) is 2.80. The van der Waals surface area contributed by atoms with Gasteiger partial charge in [0.05, 0.1) is 6.04 Å². The molecule has 8 heteroatoms. The van der Waals surface area contributed by atoms with Gasteiger partial charge in [-0.25, -0.2) is 0 Å². The summed E-state index contributed by atoms with van der Waals surface area (Å²) in [5, 5.41) is 3.05. The highest BCUT2D eigenvalue weighted by molar-refractivity contribution is 5.79. The van der Waals surface area contributed by atoms with Crippen molar-refractivity contribution in [2.45, 2.75) is 26.1 Å². The van der Waals surface area contributed by atoms with Crippen molar-refractivity contribution in [2.24, 2.45) is 5.73 Å². The van der Waals surface area contributed by atoms with Gasteiger partial charge in [0, 0.05) is 12.1 Å². The minimum atomic E-state index is -0.440. The average Bonchev–Trinajstić information content (AvgIpc) is 3.33. The summed E-state index contributed by atoms with van der Waals surface area (Å²) < 4.78 is 27.8. The molecule has 4 rings (SSSR count). The lowest BCUT2D eigenvalue weighted by atomic mass is 10.1. The molecule has 0 saturated carbocycles.